The summed E-state index contributed by atoms with van der Waals surface area (Å²) in [6.45, 7) is 2.69. The van der Waals surface area contributed by atoms with E-state index in [1.165, 1.54) is 6.42 Å². The van der Waals surface area contributed by atoms with Gasteiger partial charge in [-0.2, -0.15) is 0 Å². The summed E-state index contributed by atoms with van der Waals surface area (Å²) in [6, 6.07) is 0. The van der Waals surface area contributed by atoms with Gasteiger partial charge in [0, 0.05) is 37.9 Å². The van der Waals surface area contributed by atoms with Crippen molar-refractivity contribution in [3.05, 3.63) is 11.6 Å². The van der Waals surface area contributed by atoms with Gasteiger partial charge in [-0.05, 0) is 31.8 Å². The number of aldehydes is 1. The number of carbonyl (C=O) groups is 1. The smallest absolute Gasteiger partial charge is 0.145 e. The van der Waals surface area contributed by atoms with Gasteiger partial charge in [0.25, 0.3) is 0 Å². The van der Waals surface area contributed by atoms with Crippen molar-refractivity contribution < 1.29 is 30.6 Å². The Balaban J connectivity index is 0.00000144. The maximum absolute atomic E-state index is 10.4. The van der Waals surface area contributed by atoms with Crippen LogP contribution in [0, 0.1) is 0 Å². The third-order valence-electron chi connectivity index (χ3n) is 2.22. The van der Waals surface area contributed by atoms with Crippen LogP contribution in [0.2, 0.25) is 0 Å². The molecule has 1 heterocycles. The zero-order valence-electron chi connectivity index (χ0n) is 8.12. The van der Waals surface area contributed by atoms with Crippen LogP contribution in [0.4, 0.5) is 0 Å². The van der Waals surface area contributed by atoms with Crippen LogP contribution < -0.4 is 0 Å². The number of carbonyl (C=O) groups excluding carboxylic acids is 1. The Morgan fingerprint density at radius 2 is 2.23 bits per heavy atom. The van der Waals surface area contributed by atoms with E-state index in [0.29, 0.717) is 0 Å². The summed E-state index contributed by atoms with van der Waals surface area (Å²) < 4.78 is 5.66. The molecule has 0 radical (unpaired) electrons. The second-order valence-corrected chi connectivity index (χ2v) is 5.32. The molecule has 1 aliphatic rings. The molecule has 0 bridgehead atoms. The second kappa shape index (κ2) is 5.89. The molecular weight excluding hydrogens is 363 g/mol. The van der Waals surface area contributed by atoms with Crippen molar-refractivity contribution in [1.82, 2.24) is 0 Å². The Bertz CT molecular complexity index is 198. The average molecular weight is 379 g/mol. The van der Waals surface area contributed by atoms with Crippen LogP contribution in [0.25, 0.3) is 0 Å². The maximum Gasteiger partial charge on any atom is 0.145 e. The molecule has 1 fully saturated rings. The quantitative estimate of drug-likeness (QED) is 0.394. The molecule has 0 aliphatic carbocycles. The first kappa shape index (κ1) is 13.3. The Kier molecular flexibility index (Phi) is 6.02. The summed E-state index contributed by atoms with van der Waals surface area (Å²) in [5.41, 5.74) is 0.798. The van der Waals surface area contributed by atoms with Crippen LogP contribution in [0.1, 0.15) is 26.2 Å². The third-order valence-corrected chi connectivity index (χ3v) is 3.30. The van der Waals surface area contributed by atoms with Gasteiger partial charge in [-0.15, -0.1) is 0 Å². The molecule has 78 valence electrons. The Morgan fingerprint density at radius 1 is 1.54 bits per heavy atom. The molecule has 0 aromatic rings. The molecule has 1 saturated heterocycles. The van der Waals surface area contributed by atoms with Crippen LogP contribution in [-0.4, -0.2) is 28.4 Å². The summed E-state index contributed by atoms with van der Waals surface area (Å²) in [5.74, 6) is 0. The molecule has 0 saturated carbocycles. The van der Waals surface area contributed by atoms with Gasteiger partial charge in [0.05, 0.1) is 5.22 Å². The molecule has 0 aromatic carbocycles. The van der Waals surface area contributed by atoms with Crippen LogP contribution in [-0.2, 0) is 30.6 Å². The van der Waals surface area contributed by atoms with Crippen molar-refractivity contribution in [2.45, 2.75) is 31.4 Å². The van der Waals surface area contributed by atoms with E-state index >= 15 is 0 Å². The van der Waals surface area contributed by atoms with Gasteiger partial charge in [-0.3, -0.25) is 4.79 Å². The van der Waals surface area contributed by atoms with Gasteiger partial charge in [0.2, 0.25) is 0 Å². The van der Waals surface area contributed by atoms with Gasteiger partial charge in [0.15, 0.2) is 0 Å². The van der Waals surface area contributed by atoms with Gasteiger partial charge >= 0.3 is 0 Å². The first-order valence-corrected chi connectivity index (χ1v) is 5.45. The van der Waals surface area contributed by atoms with Gasteiger partial charge in [0.1, 0.15) is 6.29 Å². The van der Waals surface area contributed by atoms with E-state index in [-0.39, 0.29) is 26.3 Å². The fraction of sp³-hybridized carbons (Fsp3) is 0.667. The Labute approximate surface area is 96.8 Å². The molecule has 1 rings (SSSR count). The molecule has 4 heteroatoms. The van der Waals surface area contributed by atoms with E-state index < -0.39 is 0 Å². The molecular formula is C9H16O2PtSi. The summed E-state index contributed by atoms with van der Waals surface area (Å²) >= 11 is 0. The first-order chi connectivity index (χ1) is 5.66. The number of hydrogen-bond donors (Lipinski definition) is 0. The minimum Gasteiger partial charge on any atom is -0.376 e. The van der Waals surface area contributed by atoms with Crippen molar-refractivity contribution in [3.63, 3.8) is 0 Å². The molecule has 0 spiro atoms. The van der Waals surface area contributed by atoms with Crippen molar-refractivity contribution in [3.8, 4) is 0 Å². The summed E-state index contributed by atoms with van der Waals surface area (Å²) in [7, 11) is 0.975. The second-order valence-electron chi connectivity index (χ2n) is 3.62. The molecule has 0 amide bonds. The zero-order chi connectivity index (χ0) is 9.03. The van der Waals surface area contributed by atoms with Crippen LogP contribution in [0.5, 0.6) is 0 Å². The number of allylic oxidation sites excluding steroid dienone is 1. The predicted molar refractivity (Wildman–Crippen MR) is 52.3 cm³/mol. The molecule has 0 N–H and O–H groups in total. The largest absolute Gasteiger partial charge is 0.376 e. The molecule has 1 atom stereocenters. The summed E-state index contributed by atoms with van der Waals surface area (Å²) in [5, 5.41) is -0.0523. The van der Waals surface area contributed by atoms with Crippen molar-refractivity contribution >= 4 is 16.5 Å². The molecule has 0 aromatic heterocycles. The zero-order valence-corrected chi connectivity index (χ0v) is 12.4. The van der Waals surface area contributed by atoms with Gasteiger partial charge in [-0.1, -0.05) is 6.08 Å². The molecule has 1 aliphatic heterocycles. The fourth-order valence-corrected chi connectivity index (χ4v) is 2.60. The van der Waals surface area contributed by atoms with E-state index in [2.05, 4.69) is 0 Å². The Morgan fingerprint density at radius 3 is 2.69 bits per heavy atom. The minimum atomic E-state index is -0.0523. The van der Waals surface area contributed by atoms with Gasteiger partial charge in [-0.25, -0.2) is 0 Å². The van der Waals surface area contributed by atoms with E-state index in [9.17, 15) is 4.79 Å². The summed E-state index contributed by atoms with van der Waals surface area (Å²) in [6.07, 6.45) is 6.37. The summed E-state index contributed by atoms with van der Waals surface area (Å²) in [4.78, 5) is 10.4. The first-order valence-electron chi connectivity index (χ1n) is 4.45. The molecule has 13 heavy (non-hydrogen) atoms. The Hall–Kier alpha value is 0.275. The van der Waals surface area contributed by atoms with E-state index in [4.69, 9.17) is 4.74 Å². The van der Waals surface area contributed by atoms with Crippen LogP contribution in [0.3, 0.4) is 0 Å². The minimum absolute atomic E-state index is 0. The number of hydrogen-bond acceptors (Lipinski definition) is 2. The molecule has 1 unspecified atom stereocenters. The van der Waals surface area contributed by atoms with Crippen LogP contribution in [0.15, 0.2) is 11.6 Å². The van der Waals surface area contributed by atoms with E-state index in [0.717, 1.165) is 41.6 Å². The average Bonchev–Trinajstić information content (AvgIpc) is 2.05. The SMILES string of the molecule is CC(C=O)=CC1([SiH3])CCCCO1.[Pt]. The maximum atomic E-state index is 10.4. The standard InChI is InChI=1S/C9H16O2Si.Pt/c1-8(7-10)6-9(12)4-2-3-5-11-9;/h6-7H,2-5H2,1,12H3;. The van der Waals surface area contributed by atoms with E-state index in [1.54, 1.807) is 0 Å². The predicted octanol–water partition coefficient (Wildman–Crippen LogP) is 0.391. The van der Waals surface area contributed by atoms with Gasteiger partial charge < -0.3 is 4.74 Å². The van der Waals surface area contributed by atoms with Crippen LogP contribution >= 0.6 is 0 Å². The van der Waals surface area contributed by atoms with Crippen molar-refractivity contribution in [2.75, 3.05) is 6.61 Å². The number of ether oxygens (including phenoxy) is 1. The third kappa shape index (κ3) is 4.34. The topological polar surface area (TPSA) is 26.3 Å². The van der Waals surface area contributed by atoms with E-state index in [1.807, 2.05) is 13.0 Å². The van der Waals surface area contributed by atoms with Crippen molar-refractivity contribution in [2.24, 2.45) is 0 Å². The molecule has 2 nitrogen and oxygen atoms in total. The number of rotatable bonds is 2. The monoisotopic (exact) mass is 379 g/mol. The normalized spacial score (nSPS) is 29.5. The van der Waals surface area contributed by atoms with Crippen molar-refractivity contribution in [1.29, 1.82) is 0 Å². The fourth-order valence-electron chi connectivity index (χ4n) is 1.59.